The van der Waals surface area contributed by atoms with Gasteiger partial charge in [0.25, 0.3) is 0 Å². The van der Waals surface area contributed by atoms with Crippen molar-refractivity contribution >= 4 is 35.1 Å². The first-order valence-electron chi connectivity index (χ1n) is 6.63. The Bertz CT molecular complexity index is 807. The van der Waals surface area contributed by atoms with Crippen molar-refractivity contribution in [3.05, 3.63) is 46.8 Å². The first-order chi connectivity index (χ1) is 10.7. The summed E-state index contributed by atoms with van der Waals surface area (Å²) in [6, 6.07) is 7.43. The van der Waals surface area contributed by atoms with Crippen LogP contribution < -0.4 is 5.32 Å². The van der Waals surface area contributed by atoms with Gasteiger partial charge in [-0.15, -0.1) is 11.3 Å². The van der Waals surface area contributed by atoms with E-state index in [-0.39, 0.29) is 5.91 Å². The molecule has 0 fully saturated rings. The van der Waals surface area contributed by atoms with Gasteiger partial charge < -0.3 is 5.32 Å². The van der Waals surface area contributed by atoms with Crippen LogP contribution in [0.1, 0.15) is 6.42 Å². The van der Waals surface area contributed by atoms with Crippen LogP contribution in [-0.2, 0) is 11.3 Å². The summed E-state index contributed by atoms with van der Waals surface area (Å²) < 4.78 is 2.35. The van der Waals surface area contributed by atoms with Gasteiger partial charge in [-0.2, -0.15) is 5.10 Å². The molecular weight excluding hydrogens is 318 g/mol. The molecule has 0 spiro atoms. The summed E-state index contributed by atoms with van der Waals surface area (Å²) in [6.45, 7) is 0.472. The molecule has 0 aliphatic carbocycles. The highest BCUT2D eigenvalue weighted by molar-refractivity contribution is 7.71. The minimum absolute atomic E-state index is 0.0774. The SMILES string of the molecule is O=C(CCn1c(-c2cccs2)n[nH]c1=S)Nc1ccncc1. The highest BCUT2D eigenvalue weighted by Crippen LogP contribution is 2.22. The number of carbonyl (C=O) groups is 1. The molecule has 0 aromatic carbocycles. The molecule has 0 saturated heterocycles. The third kappa shape index (κ3) is 3.29. The molecular formula is C14H13N5OS2. The standard InChI is InChI=1S/C14H13N5OS2/c20-12(16-10-3-6-15-7-4-10)5-8-19-13(17-18-14(19)21)11-2-1-9-22-11/h1-4,6-7,9H,5,8H2,(H,18,21)(H,15,16,20). The molecule has 0 aliphatic rings. The van der Waals surface area contributed by atoms with Gasteiger partial charge in [0.2, 0.25) is 5.91 Å². The normalized spacial score (nSPS) is 10.5. The Morgan fingerprint density at radius 2 is 2.18 bits per heavy atom. The Labute approximate surface area is 135 Å². The third-order valence-corrected chi connectivity index (χ3v) is 4.20. The number of hydrogen-bond donors (Lipinski definition) is 2. The second kappa shape index (κ2) is 6.63. The Balaban J connectivity index is 1.68. The highest BCUT2D eigenvalue weighted by atomic mass is 32.1. The summed E-state index contributed by atoms with van der Waals surface area (Å²) in [5.74, 6) is 0.683. The summed E-state index contributed by atoms with van der Waals surface area (Å²) in [4.78, 5) is 16.9. The first-order valence-corrected chi connectivity index (χ1v) is 7.92. The second-order valence-electron chi connectivity index (χ2n) is 4.52. The van der Waals surface area contributed by atoms with Crippen LogP contribution in [0, 0.1) is 4.77 Å². The minimum atomic E-state index is -0.0774. The van der Waals surface area contributed by atoms with Crippen molar-refractivity contribution in [2.75, 3.05) is 5.32 Å². The van der Waals surface area contributed by atoms with Gasteiger partial charge in [-0.3, -0.25) is 19.4 Å². The molecule has 0 radical (unpaired) electrons. The van der Waals surface area contributed by atoms with Crippen molar-refractivity contribution in [3.8, 4) is 10.7 Å². The van der Waals surface area contributed by atoms with Crippen LogP contribution in [0.3, 0.4) is 0 Å². The van der Waals surface area contributed by atoms with Crippen molar-refractivity contribution < 1.29 is 4.79 Å². The van der Waals surface area contributed by atoms with E-state index in [1.807, 2.05) is 22.1 Å². The van der Waals surface area contributed by atoms with Crippen molar-refractivity contribution in [1.82, 2.24) is 19.7 Å². The molecule has 2 N–H and O–H groups in total. The van der Waals surface area contributed by atoms with Crippen LogP contribution in [0.15, 0.2) is 42.0 Å². The summed E-state index contributed by atoms with van der Waals surface area (Å²) in [6.07, 6.45) is 3.59. The molecule has 3 aromatic heterocycles. The molecule has 6 nitrogen and oxygen atoms in total. The zero-order valence-corrected chi connectivity index (χ0v) is 13.2. The molecule has 1 amide bonds. The molecule has 0 aliphatic heterocycles. The zero-order valence-electron chi connectivity index (χ0n) is 11.5. The fourth-order valence-corrected chi connectivity index (χ4v) is 2.94. The van der Waals surface area contributed by atoms with E-state index in [1.54, 1.807) is 35.9 Å². The number of amides is 1. The van der Waals surface area contributed by atoms with E-state index in [0.717, 1.165) is 16.4 Å². The number of nitrogens with one attached hydrogen (secondary N) is 2. The van der Waals surface area contributed by atoms with Gasteiger partial charge in [0, 0.05) is 31.0 Å². The zero-order chi connectivity index (χ0) is 15.4. The lowest BCUT2D eigenvalue weighted by Gasteiger charge is -2.07. The van der Waals surface area contributed by atoms with Crippen LogP contribution in [-0.4, -0.2) is 25.7 Å². The lowest BCUT2D eigenvalue weighted by molar-refractivity contribution is -0.116. The van der Waals surface area contributed by atoms with Gasteiger partial charge in [0.05, 0.1) is 4.88 Å². The lowest BCUT2D eigenvalue weighted by atomic mass is 10.3. The van der Waals surface area contributed by atoms with E-state index in [2.05, 4.69) is 20.5 Å². The van der Waals surface area contributed by atoms with Gasteiger partial charge in [-0.25, -0.2) is 0 Å². The molecule has 112 valence electrons. The van der Waals surface area contributed by atoms with Crippen LogP contribution in [0.5, 0.6) is 0 Å². The predicted octanol–water partition coefficient (Wildman–Crippen LogP) is 3.09. The van der Waals surface area contributed by atoms with Crippen LogP contribution in [0.4, 0.5) is 5.69 Å². The van der Waals surface area contributed by atoms with Crippen molar-refractivity contribution in [2.24, 2.45) is 0 Å². The number of pyridine rings is 1. The van der Waals surface area contributed by atoms with Gasteiger partial charge >= 0.3 is 0 Å². The average molecular weight is 331 g/mol. The first kappa shape index (κ1) is 14.6. The summed E-state index contributed by atoms with van der Waals surface area (Å²) in [7, 11) is 0. The Hall–Kier alpha value is -2.32. The summed E-state index contributed by atoms with van der Waals surface area (Å²) >= 11 is 6.82. The van der Waals surface area contributed by atoms with Crippen molar-refractivity contribution in [3.63, 3.8) is 0 Å². The number of thiophene rings is 1. The molecule has 8 heteroatoms. The van der Waals surface area contributed by atoms with E-state index in [9.17, 15) is 4.79 Å². The summed E-state index contributed by atoms with van der Waals surface area (Å²) in [5.41, 5.74) is 0.731. The van der Waals surface area contributed by atoms with Crippen LogP contribution in [0.2, 0.25) is 0 Å². The maximum Gasteiger partial charge on any atom is 0.226 e. The molecule has 0 saturated carbocycles. The van der Waals surface area contributed by atoms with Crippen LogP contribution in [0.25, 0.3) is 10.7 Å². The largest absolute Gasteiger partial charge is 0.326 e. The van der Waals surface area contributed by atoms with E-state index < -0.39 is 0 Å². The number of carbonyl (C=O) groups excluding carboxylic acids is 1. The lowest BCUT2D eigenvalue weighted by Crippen LogP contribution is -2.15. The number of H-pyrrole nitrogens is 1. The van der Waals surface area contributed by atoms with Gasteiger partial charge in [0.1, 0.15) is 0 Å². The Kier molecular flexibility index (Phi) is 4.40. The topological polar surface area (TPSA) is 75.6 Å². The van der Waals surface area contributed by atoms with E-state index >= 15 is 0 Å². The van der Waals surface area contributed by atoms with Gasteiger partial charge in [-0.1, -0.05) is 6.07 Å². The van der Waals surface area contributed by atoms with E-state index in [0.29, 0.717) is 17.7 Å². The van der Waals surface area contributed by atoms with E-state index in [1.165, 1.54) is 0 Å². The molecule has 22 heavy (non-hydrogen) atoms. The number of rotatable bonds is 5. The average Bonchev–Trinajstić information content (AvgIpc) is 3.16. The molecule has 0 unspecified atom stereocenters. The Morgan fingerprint density at radius 1 is 1.36 bits per heavy atom. The fourth-order valence-electron chi connectivity index (χ4n) is 1.99. The molecule has 0 atom stereocenters. The molecule has 3 aromatic rings. The third-order valence-electron chi connectivity index (χ3n) is 3.03. The smallest absolute Gasteiger partial charge is 0.226 e. The quantitative estimate of drug-likeness (QED) is 0.705. The Morgan fingerprint density at radius 3 is 2.91 bits per heavy atom. The van der Waals surface area contributed by atoms with Crippen molar-refractivity contribution in [2.45, 2.75) is 13.0 Å². The highest BCUT2D eigenvalue weighted by Gasteiger charge is 2.11. The van der Waals surface area contributed by atoms with Crippen LogP contribution >= 0.6 is 23.6 Å². The second-order valence-corrected chi connectivity index (χ2v) is 5.85. The molecule has 0 bridgehead atoms. The van der Waals surface area contributed by atoms with E-state index in [4.69, 9.17) is 12.2 Å². The number of aromatic amines is 1. The van der Waals surface area contributed by atoms with Crippen molar-refractivity contribution in [1.29, 1.82) is 0 Å². The molecule has 3 heterocycles. The fraction of sp³-hybridized carbons (Fsp3) is 0.143. The maximum absolute atomic E-state index is 12.0. The number of nitrogens with zero attached hydrogens (tertiary/aromatic N) is 3. The number of aromatic nitrogens is 4. The number of anilines is 1. The van der Waals surface area contributed by atoms with Gasteiger partial charge in [0.15, 0.2) is 10.6 Å². The maximum atomic E-state index is 12.0. The minimum Gasteiger partial charge on any atom is -0.326 e. The number of hydrogen-bond acceptors (Lipinski definition) is 5. The molecule has 3 rings (SSSR count). The predicted molar refractivity (Wildman–Crippen MR) is 88.2 cm³/mol. The summed E-state index contributed by atoms with van der Waals surface area (Å²) in [5, 5.41) is 11.8. The monoisotopic (exact) mass is 331 g/mol. The van der Waals surface area contributed by atoms with Gasteiger partial charge in [-0.05, 0) is 35.8 Å².